The Bertz CT molecular complexity index is 426. The van der Waals surface area contributed by atoms with Gasteiger partial charge in [-0.25, -0.2) is 4.98 Å². The number of nitrogens with zero attached hydrogens (tertiary/aromatic N) is 2. The normalized spacial score (nSPS) is 18.2. The predicted octanol–water partition coefficient (Wildman–Crippen LogP) is 3.93. The summed E-state index contributed by atoms with van der Waals surface area (Å²) in [5.74, 6) is -0.401. The first-order valence-electron chi connectivity index (χ1n) is 5.83. The topological polar surface area (TPSA) is 16.1 Å². The molecule has 2 heterocycles. The van der Waals surface area contributed by atoms with E-state index in [-0.39, 0.29) is 12.8 Å². The van der Waals surface area contributed by atoms with Gasteiger partial charge in [0.2, 0.25) is 0 Å². The van der Waals surface area contributed by atoms with Crippen LogP contribution in [0.25, 0.3) is 0 Å². The van der Waals surface area contributed by atoms with Crippen LogP contribution in [0.15, 0.2) is 16.6 Å². The second-order valence-corrected chi connectivity index (χ2v) is 5.39. The minimum Gasteiger partial charge on any atom is -0.357 e. The van der Waals surface area contributed by atoms with E-state index in [1.165, 1.54) is 0 Å². The van der Waals surface area contributed by atoms with Crippen LogP contribution in [0.1, 0.15) is 18.5 Å². The summed E-state index contributed by atoms with van der Waals surface area (Å²) in [7, 11) is 0. The third-order valence-electron chi connectivity index (χ3n) is 3.29. The van der Waals surface area contributed by atoms with Gasteiger partial charge < -0.3 is 4.90 Å². The summed E-state index contributed by atoms with van der Waals surface area (Å²) in [5.41, 5.74) is 0.852. The molecule has 0 amide bonds. The van der Waals surface area contributed by atoms with Crippen LogP contribution in [0.5, 0.6) is 0 Å². The molecule has 0 bridgehead atoms. The fourth-order valence-corrected chi connectivity index (χ4v) is 2.36. The molecule has 1 saturated heterocycles. The molecule has 100 valence electrons. The van der Waals surface area contributed by atoms with Crippen molar-refractivity contribution >= 4 is 21.7 Å². The van der Waals surface area contributed by atoms with Crippen molar-refractivity contribution in [3.63, 3.8) is 0 Å². The van der Waals surface area contributed by atoms with Crippen LogP contribution >= 0.6 is 15.9 Å². The first-order valence-corrected chi connectivity index (χ1v) is 6.62. The Morgan fingerprint density at radius 3 is 2.39 bits per heavy atom. The lowest BCUT2D eigenvalue weighted by molar-refractivity contribution is -0.179. The van der Waals surface area contributed by atoms with Crippen LogP contribution in [0.3, 0.4) is 0 Å². The van der Waals surface area contributed by atoms with Crippen molar-refractivity contribution in [2.24, 2.45) is 5.92 Å². The van der Waals surface area contributed by atoms with Gasteiger partial charge in [0.25, 0.3) is 0 Å². The number of hydrogen-bond donors (Lipinski definition) is 0. The Morgan fingerprint density at radius 1 is 1.28 bits per heavy atom. The number of halogens is 4. The highest BCUT2D eigenvalue weighted by Gasteiger charge is 2.41. The molecule has 1 aromatic heterocycles. The Hall–Kier alpha value is -0.780. The summed E-state index contributed by atoms with van der Waals surface area (Å²) in [5, 5.41) is 0. The summed E-state index contributed by atoms with van der Waals surface area (Å²) < 4.78 is 38.6. The zero-order valence-electron chi connectivity index (χ0n) is 9.97. The molecule has 1 aliphatic rings. The molecule has 18 heavy (non-hydrogen) atoms. The maximum Gasteiger partial charge on any atom is 0.391 e. The Morgan fingerprint density at radius 2 is 1.89 bits per heavy atom. The highest BCUT2D eigenvalue weighted by atomic mass is 79.9. The summed E-state index contributed by atoms with van der Waals surface area (Å²) in [6.45, 7) is 2.70. The molecule has 0 aromatic carbocycles. The van der Waals surface area contributed by atoms with Gasteiger partial charge in [0.15, 0.2) is 0 Å². The van der Waals surface area contributed by atoms with Crippen LogP contribution in [0, 0.1) is 12.8 Å². The van der Waals surface area contributed by atoms with Gasteiger partial charge in [-0.2, -0.15) is 13.2 Å². The third-order valence-corrected chi connectivity index (χ3v) is 4.13. The fraction of sp³-hybridized carbons (Fsp3) is 0.583. The van der Waals surface area contributed by atoms with E-state index in [4.69, 9.17) is 0 Å². The number of pyridine rings is 1. The molecule has 0 atom stereocenters. The largest absolute Gasteiger partial charge is 0.391 e. The molecule has 0 unspecified atom stereocenters. The van der Waals surface area contributed by atoms with Gasteiger partial charge in [-0.05, 0) is 47.8 Å². The number of alkyl halides is 3. The van der Waals surface area contributed by atoms with Crippen molar-refractivity contribution in [1.29, 1.82) is 0 Å². The lowest BCUT2D eigenvalue weighted by Crippen LogP contribution is -2.39. The molecule has 0 saturated carbocycles. The van der Waals surface area contributed by atoms with Gasteiger partial charge in [-0.1, -0.05) is 0 Å². The molecule has 1 aliphatic heterocycles. The van der Waals surface area contributed by atoms with E-state index in [2.05, 4.69) is 20.9 Å². The monoisotopic (exact) mass is 322 g/mol. The lowest BCUT2D eigenvalue weighted by Gasteiger charge is -2.33. The summed E-state index contributed by atoms with van der Waals surface area (Å²) in [4.78, 5) is 6.30. The molecule has 0 aliphatic carbocycles. The molecule has 2 rings (SSSR count). The van der Waals surface area contributed by atoms with E-state index in [0.717, 1.165) is 16.0 Å². The third kappa shape index (κ3) is 2.96. The smallest absolute Gasteiger partial charge is 0.357 e. The molecule has 1 fully saturated rings. The van der Waals surface area contributed by atoms with E-state index in [0.29, 0.717) is 13.1 Å². The summed E-state index contributed by atoms with van der Waals surface area (Å²) in [6, 6.07) is 3.72. The first kappa shape index (κ1) is 13.6. The molecule has 6 heteroatoms. The second kappa shape index (κ2) is 5.07. The number of anilines is 1. The van der Waals surface area contributed by atoms with Gasteiger partial charge in [-0.15, -0.1) is 0 Å². The van der Waals surface area contributed by atoms with Crippen molar-refractivity contribution in [1.82, 2.24) is 4.98 Å². The summed E-state index contributed by atoms with van der Waals surface area (Å²) in [6.07, 6.45) is -3.75. The Kier molecular flexibility index (Phi) is 3.84. The van der Waals surface area contributed by atoms with Crippen molar-refractivity contribution in [2.45, 2.75) is 25.9 Å². The van der Waals surface area contributed by atoms with Crippen molar-refractivity contribution in [2.75, 3.05) is 18.0 Å². The molecule has 0 N–H and O–H groups in total. The minimum atomic E-state index is -4.06. The van der Waals surface area contributed by atoms with Crippen molar-refractivity contribution in [3.05, 3.63) is 22.3 Å². The van der Waals surface area contributed by atoms with Crippen LogP contribution in [0.4, 0.5) is 19.0 Å². The van der Waals surface area contributed by atoms with Crippen LogP contribution in [-0.4, -0.2) is 24.2 Å². The molecule has 2 nitrogen and oxygen atoms in total. The van der Waals surface area contributed by atoms with Gasteiger partial charge >= 0.3 is 6.18 Å². The number of rotatable bonds is 1. The van der Waals surface area contributed by atoms with Gasteiger partial charge in [0.1, 0.15) is 5.82 Å². The zero-order valence-corrected chi connectivity index (χ0v) is 11.6. The van der Waals surface area contributed by atoms with Crippen molar-refractivity contribution in [3.8, 4) is 0 Å². The number of aromatic nitrogens is 1. The van der Waals surface area contributed by atoms with Gasteiger partial charge in [0, 0.05) is 17.6 Å². The van der Waals surface area contributed by atoms with E-state index in [9.17, 15) is 13.2 Å². The van der Waals surface area contributed by atoms with E-state index in [1.807, 2.05) is 24.0 Å². The number of piperidine rings is 1. The average molecular weight is 323 g/mol. The van der Waals surface area contributed by atoms with E-state index in [1.54, 1.807) is 0 Å². The Labute approximate surface area is 112 Å². The Balaban J connectivity index is 2.03. The van der Waals surface area contributed by atoms with Crippen LogP contribution < -0.4 is 4.90 Å². The molecule has 0 spiro atoms. The molecule has 0 radical (unpaired) electrons. The lowest BCUT2D eigenvalue weighted by atomic mass is 9.96. The molecule has 1 aromatic rings. The fourth-order valence-electron chi connectivity index (χ4n) is 2.14. The van der Waals surface area contributed by atoms with Crippen molar-refractivity contribution < 1.29 is 13.2 Å². The zero-order chi connectivity index (χ0) is 13.3. The standard InChI is InChI=1S/C12H14BrF3N2/c1-8-10(13)2-3-11(17-8)18-6-4-9(5-7-18)12(14,15)16/h2-3,9H,4-7H2,1H3. The maximum absolute atomic E-state index is 12.5. The molecular weight excluding hydrogens is 309 g/mol. The predicted molar refractivity (Wildman–Crippen MR) is 67.7 cm³/mol. The second-order valence-electron chi connectivity index (χ2n) is 4.54. The van der Waals surface area contributed by atoms with Gasteiger partial charge in [0.05, 0.1) is 11.6 Å². The minimum absolute atomic E-state index is 0.153. The molecular formula is C12H14BrF3N2. The average Bonchev–Trinajstić information content (AvgIpc) is 2.32. The summed E-state index contributed by atoms with van der Waals surface area (Å²) >= 11 is 3.36. The quantitative estimate of drug-likeness (QED) is 0.778. The first-order chi connectivity index (χ1) is 8.38. The van der Waals surface area contributed by atoms with Crippen LogP contribution in [0.2, 0.25) is 0 Å². The SMILES string of the molecule is Cc1nc(N2CCC(C(F)(F)F)CC2)ccc1Br. The van der Waals surface area contributed by atoms with Crippen LogP contribution in [-0.2, 0) is 0 Å². The van der Waals surface area contributed by atoms with E-state index >= 15 is 0 Å². The highest BCUT2D eigenvalue weighted by Crippen LogP contribution is 2.35. The number of aryl methyl sites for hydroxylation is 1. The maximum atomic E-state index is 12.5. The number of hydrogen-bond acceptors (Lipinski definition) is 2. The van der Waals surface area contributed by atoms with Gasteiger partial charge in [-0.3, -0.25) is 0 Å². The van der Waals surface area contributed by atoms with E-state index < -0.39 is 12.1 Å². The highest BCUT2D eigenvalue weighted by molar-refractivity contribution is 9.10.